The Morgan fingerprint density at radius 3 is 2.31 bits per heavy atom. The quantitative estimate of drug-likeness (QED) is 0.793. The van der Waals surface area contributed by atoms with Crippen LogP contribution in [0.3, 0.4) is 0 Å². The van der Waals surface area contributed by atoms with E-state index in [1.165, 1.54) is 12.1 Å². The molecule has 0 heterocycles. The SMILES string of the molecule is O=C(O)CNS(=O)(=O)c1ccc(CBr)cc1. The van der Waals surface area contributed by atoms with E-state index in [0.717, 1.165) is 5.56 Å². The van der Waals surface area contributed by atoms with Crippen LogP contribution in [0.15, 0.2) is 29.2 Å². The van der Waals surface area contributed by atoms with Gasteiger partial charge in [-0.1, -0.05) is 28.1 Å². The van der Waals surface area contributed by atoms with Crippen LogP contribution in [0.1, 0.15) is 5.56 Å². The Morgan fingerprint density at radius 2 is 1.88 bits per heavy atom. The molecule has 0 atom stereocenters. The maximum Gasteiger partial charge on any atom is 0.318 e. The van der Waals surface area contributed by atoms with E-state index >= 15 is 0 Å². The number of carboxylic acid groups (broad SMARTS) is 1. The number of rotatable bonds is 5. The largest absolute Gasteiger partial charge is 0.480 e. The Bertz CT molecular complexity index is 469. The summed E-state index contributed by atoms with van der Waals surface area (Å²) < 4.78 is 25.1. The van der Waals surface area contributed by atoms with E-state index in [2.05, 4.69) is 15.9 Å². The normalized spacial score (nSPS) is 11.3. The molecule has 0 amide bonds. The van der Waals surface area contributed by atoms with Crippen LogP contribution in [0.5, 0.6) is 0 Å². The smallest absolute Gasteiger partial charge is 0.318 e. The summed E-state index contributed by atoms with van der Waals surface area (Å²) in [6, 6.07) is 6.18. The zero-order chi connectivity index (χ0) is 12.2. The van der Waals surface area contributed by atoms with Crippen molar-refractivity contribution in [2.75, 3.05) is 6.54 Å². The molecule has 0 spiro atoms. The number of carboxylic acids is 1. The number of benzene rings is 1. The van der Waals surface area contributed by atoms with E-state index in [1.807, 2.05) is 4.72 Å². The average Bonchev–Trinajstić information content (AvgIpc) is 2.27. The molecule has 0 aromatic heterocycles. The number of hydrogen-bond donors (Lipinski definition) is 2. The van der Waals surface area contributed by atoms with E-state index in [-0.39, 0.29) is 4.90 Å². The van der Waals surface area contributed by atoms with Crippen molar-refractivity contribution in [3.05, 3.63) is 29.8 Å². The number of carbonyl (C=O) groups is 1. The monoisotopic (exact) mass is 307 g/mol. The van der Waals surface area contributed by atoms with Gasteiger partial charge in [0, 0.05) is 5.33 Å². The second-order valence-corrected chi connectivity index (χ2v) is 5.32. The highest BCUT2D eigenvalue weighted by molar-refractivity contribution is 9.08. The van der Waals surface area contributed by atoms with Gasteiger partial charge in [-0.2, -0.15) is 4.72 Å². The van der Waals surface area contributed by atoms with Crippen LogP contribution < -0.4 is 4.72 Å². The number of sulfonamides is 1. The highest BCUT2D eigenvalue weighted by Gasteiger charge is 2.14. The maximum absolute atomic E-state index is 11.6. The summed E-state index contributed by atoms with van der Waals surface area (Å²) in [5.74, 6) is -1.22. The van der Waals surface area contributed by atoms with Crippen molar-refractivity contribution in [1.82, 2.24) is 4.72 Å². The van der Waals surface area contributed by atoms with Gasteiger partial charge in [0.15, 0.2) is 0 Å². The molecule has 7 heteroatoms. The maximum atomic E-state index is 11.6. The minimum Gasteiger partial charge on any atom is -0.480 e. The van der Waals surface area contributed by atoms with Crippen LogP contribution >= 0.6 is 15.9 Å². The first kappa shape index (κ1) is 13.1. The van der Waals surface area contributed by atoms with Crippen molar-refractivity contribution in [2.24, 2.45) is 0 Å². The first-order valence-corrected chi connectivity index (χ1v) is 6.92. The molecule has 88 valence electrons. The Labute approximate surface area is 102 Å². The third-order valence-electron chi connectivity index (χ3n) is 1.80. The molecule has 2 N–H and O–H groups in total. The summed E-state index contributed by atoms with van der Waals surface area (Å²) in [5.41, 5.74) is 0.942. The summed E-state index contributed by atoms with van der Waals surface area (Å²) in [4.78, 5) is 10.3. The molecule has 5 nitrogen and oxygen atoms in total. The minimum absolute atomic E-state index is 0.0541. The number of hydrogen-bond acceptors (Lipinski definition) is 3. The summed E-state index contributed by atoms with van der Waals surface area (Å²) in [6.07, 6.45) is 0. The van der Waals surface area contributed by atoms with Gasteiger partial charge in [-0.25, -0.2) is 8.42 Å². The average molecular weight is 308 g/mol. The fourth-order valence-corrected chi connectivity index (χ4v) is 2.35. The van der Waals surface area contributed by atoms with Gasteiger partial charge >= 0.3 is 5.97 Å². The molecule has 0 fully saturated rings. The molecular weight excluding hydrogens is 298 g/mol. The van der Waals surface area contributed by atoms with Crippen LogP contribution in [-0.2, 0) is 20.1 Å². The highest BCUT2D eigenvalue weighted by Crippen LogP contribution is 2.12. The predicted molar refractivity (Wildman–Crippen MR) is 61.9 cm³/mol. The standard InChI is InChI=1S/C9H10BrNO4S/c10-5-7-1-3-8(4-2-7)16(14,15)11-6-9(12)13/h1-4,11H,5-6H2,(H,12,13). The lowest BCUT2D eigenvalue weighted by Crippen LogP contribution is -2.29. The zero-order valence-electron chi connectivity index (χ0n) is 8.18. The van der Waals surface area contributed by atoms with E-state index in [9.17, 15) is 13.2 Å². The van der Waals surface area contributed by atoms with Gasteiger partial charge in [0.05, 0.1) is 4.90 Å². The number of aliphatic carboxylic acids is 1. The number of halogens is 1. The molecule has 0 aliphatic rings. The molecule has 0 unspecified atom stereocenters. The Kier molecular flexibility index (Phi) is 4.45. The molecule has 0 bridgehead atoms. The molecule has 1 rings (SSSR count). The molecule has 0 aliphatic carbocycles. The van der Waals surface area contributed by atoms with E-state index < -0.39 is 22.5 Å². The van der Waals surface area contributed by atoms with Crippen LogP contribution in [0, 0.1) is 0 Å². The lowest BCUT2D eigenvalue weighted by atomic mass is 10.2. The summed E-state index contributed by atoms with van der Waals surface area (Å²) in [5, 5.41) is 9.01. The van der Waals surface area contributed by atoms with Crippen LogP contribution in [0.4, 0.5) is 0 Å². The molecule has 16 heavy (non-hydrogen) atoms. The molecule has 0 aliphatic heterocycles. The van der Waals surface area contributed by atoms with Gasteiger partial charge in [-0.15, -0.1) is 0 Å². The van der Waals surface area contributed by atoms with E-state index in [1.54, 1.807) is 12.1 Å². The number of nitrogens with one attached hydrogen (secondary N) is 1. The zero-order valence-corrected chi connectivity index (χ0v) is 10.6. The van der Waals surface area contributed by atoms with Gasteiger partial charge in [0.2, 0.25) is 10.0 Å². The van der Waals surface area contributed by atoms with Crippen molar-refractivity contribution in [3.63, 3.8) is 0 Å². The van der Waals surface area contributed by atoms with Crippen LogP contribution in [-0.4, -0.2) is 26.0 Å². The van der Waals surface area contributed by atoms with Gasteiger partial charge < -0.3 is 5.11 Å². The van der Waals surface area contributed by atoms with Gasteiger partial charge in [-0.05, 0) is 17.7 Å². The van der Waals surface area contributed by atoms with Gasteiger partial charge in [0.1, 0.15) is 6.54 Å². The molecule has 0 saturated heterocycles. The van der Waals surface area contributed by atoms with Gasteiger partial charge in [0.25, 0.3) is 0 Å². The first-order chi connectivity index (χ1) is 7.45. The molecule has 1 aromatic rings. The third-order valence-corrected chi connectivity index (χ3v) is 3.87. The van der Waals surface area contributed by atoms with Crippen molar-refractivity contribution >= 4 is 31.9 Å². The predicted octanol–water partition coefficient (Wildman–Crippen LogP) is 0.944. The van der Waals surface area contributed by atoms with Crippen molar-refractivity contribution < 1.29 is 18.3 Å². The van der Waals surface area contributed by atoms with Crippen molar-refractivity contribution in [3.8, 4) is 0 Å². The molecule has 0 radical (unpaired) electrons. The minimum atomic E-state index is -3.73. The number of alkyl halides is 1. The Hall–Kier alpha value is -0.920. The lowest BCUT2D eigenvalue weighted by Gasteiger charge is -2.04. The second-order valence-electron chi connectivity index (χ2n) is 3.00. The highest BCUT2D eigenvalue weighted by atomic mass is 79.9. The fraction of sp³-hybridized carbons (Fsp3) is 0.222. The fourth-order valence-electron chi connectivity index (χ4n) is 0.998. The van der Waals surface area contributed by atoms with Crippen LogP contribution in [0.25, 0.3) is 0 Å². The summed E-state index contributed by atoms with van der Waals surface area (Å²) >= 11 is 3.24. The van der Waals surface area contributed by atoms with Gasteiger partial charge in [-0.3, -0.25) is 4.79 Å². The van der Waals surface area contributed by atoms with E-state index in [0.29, 0.717) is 5.33 Å². The van der Waals surface area contributed by atoms with Crippen molar-refractivity contribution in [1.29, 1.82) is 0 Å². The molecule has 1 aromatic carbocycles. The molecular formula is C9H10BrNO4S. The third kappa shape index (κ3) is 3.58. The topological polar surface area (TPSA) is 83.5 Å². The van der Waals surface area contributed by atoms with Crippen molar-refractivity contribution in [2.45, 2.75) is 10.2 Å². The molecule has 0 saturated carbocycles. The second kappa shape index (κ2) is 5.42. The van der Waals surface area contributed by atoms with E-state index in [4.69, 9.17) is 5.11 Å². The summed E-state index contributed by atoms with van der Waals surface area (Å²) in [6.45, 7) is -0.622. The summed E-state index contributed by atoms with van der Waals surface area (Å²) in [7, 11) is -3.73. The first-order valence-electron chi connectivity index (χ1n) is 4.32. The lowest BCUT2D eigenvalue weighted by molar-refractivity contribution is -0.135. The Morgan fingerprint density at radius 1 is 1.31 bits per heavy atom. The van der Waals surface area contributed by atoms with Crippen LogP contribution in [0.2, 0.25) is 0 Å². The Balaban J connectivity index is 2.85.